The van der Waals surface area contributed by atoms with Gasteiger partial charge in [0.05, 0.1) is 28.3 Å². The number of nitriles is 1. The SMILES string of the molecule is CCOC(=O)/C=C/c1c(SC)c(C#N)c2ccc(C)cn12. The Morgan fingerprint density at radius 3 is 2.90 bits per heavy atom. The smallest absolute Gasteiger partial charge is 0.330 e. The number of fused-ring (bicyclic) bond motifs is 1. The van der Waals surface area contributed by atoms with E-state index in [9.17, 15) is 10.1 Å². The van der Waals surface area contributed by atoms with Crippen molar-refractivity contribution in [2.75, 3.05) is 12.9 Å². The second-order valence-electron chi connectivity index (χ2n) is 4.45. The van der Waals surface area contributed by atoms with Crippen molar-refractivity contribution >= 4 is 29.3 Å². The molecule has 5 heteroatoms. The number of ether oxygens (including phenoxy) is 1. The highest BCUT2D eigenvalue weighted by Crippen LogP contribution is 2.32. The van der Waals surface area contributed by atoms with Gasteiger partial charge in [-0.3, -0.25) is 0 Å². The number of aryl methyl sites for hydroxylation is 1. The van der Waals surface area contributed by atoms with Crippen LogP contribution in [0.4, 0.5) is 0 Å². The van der Waals surface area contributed by atoms with Crippen molar-refractivity contribution in [1.29, 1.82) is 5.26 Å². The zero-order valence-corrected chi connectivity index (χ0v) is 13.0. The lowest BCUT2D eigenvalue weighted by Crippen LogP contribution is -1.99. The van der Waals surface area contributed by atoms with Gasteiger partial charge in [0.2, 0.25) is 0 Å². The van der Waals surface area contributed by atoms with E-state index in [-0.39, 0.29) is 5.97 Å². The van der Waals surface area contributed by atoms with Crippen LogP contribution in [0, 0.1) is 18.3 Å². The molecule has 0 aliphatic carbocycles. The Labute approximate surface area is 128 Å². The van der Waals surface area contributed by atoms with Gasteiger partial charge in [0.15, 0.2) is 0 Å². The number of carbonyl (C=O) groups excluding carboxylic acids is 1. The maximum Gasteiger partial charge on any atom is 0.330 e. The van der Waals surface area contributed by atoms with E-state index in [1.165, 1.54) is 17.8 Å². The number of thioether (sulfide) groups is 1. The summed E-state index contributed by atoms with van der Waals surface area (Å²) in [5.41, 5.74) is 3.38. The topological polar surface area (TPSA) is 54.5 Å². The number of rotatable bonds is 4. The molecule has 2 aromatic rings. The highest BCUT2D eigenvalue weighted by atomic mass is 32.2. The monoisotopic (exact) mass is 300 g/mol. The molecule has 2 heterocycles. The fraction of sp³-hybridized carbons (Fsp3) is 0.250. The molecule has 21 heavy (non-hydrogen) atoms. The molecule has 0 spiro atoms. The molecule has 2 rings (SSSR count). The van der Waals surface area contributed by atoms with Crippen molar-refractivity contribution in [3.8, 4) is 6.07 Å². The Balaban J connectivity index is 2.63. The highest BCUT2D eigenvalue weighted by molar-refractivity contribution is 7.98. The third-order valence-electron chi connectivity index (χ3n) is 3.05. The Bertz CT molecular complexity index is 754. The minimum absolute atomic E-state index is 0.343. The maximum absolute atomic E-state index is 11.5. The Kier molecular flexibility index (Phi) is 4.71. The lowest BCUT2D eigenvalue weighted by Gasteiger charge is -2.01. The molecule has 0 fully saturated rings. The molecule has 0 bridgehead atoms. The maximum atomic E-state index is 11.5. The van der Waals surface area contributed by atoms with Gasteiger partial charge >= 0.3 is 5.97 Å². The second-order valence-corrected chi connectivity index (χ2v) is 5.27. The van der Waals surface area contributed by atoms with Gasteiger partial charge in [0.25, 0.3) is 0 Å². The van der Waals surface area contributed by atoms with Crippen LogP contribution in [0.3, 0.4) is 0 Å². The molecular weight excluding hydrogens is 284 g/mol. The molecule has 0 saturated carbocycles. The van der Waals surface area contributed by atoms with Crippen molar-refractivity contribution in [3.63, 3.8) is 0 Å². The molecule has 0 unspecified atom stereocenters. The number of aromatic nitrogens is 1. The van der Waals surface area contributed by atoms with E-state index in [2.05, 4.69) is 6.07 Å². The van der Waals surface area contributed by atoms with E-state index in [4.69, 9.17) is 4.74 Å². The lowest BCUT2D eigenvalue weighted by atomic mass is 10.2. The van der Waals surface area contributed by atoms with Crippen LogP contribution in [0.2, 0.25) is 0 Å². The summed E-state index contributed by atoms with van der Waals surface area (Å²) in [6, 6.07) is 6.15. The summed E-state index contributed by atoms with van der Waals surface area (Å²) in [5.74, 6) is -0.384. The van der Waals surface area contributed by atoms with E-state index >= 15 is 0 Å². The van der Waals surface area contributed by atoms with E-state index in [0.29, 0.717) is 12.2 Å². The summed E-state index contributed by atoms with van der Waals surface area (Å²) >= 11 is 1.50. The predicted octanol–water partition coefficient (Wildman–Crippen LogP) is 3.42. The highest BCUT2D eigenvalue weighted by Gasteiger charge is 2.16. The van der Waals surface area contributed by atoms with Gasteiger partial charge < -0.3 is 9.14 Å². The van der Waals surface area contributed by atoms with Crippen LogP contribution in [-0.4, -0.2) is 23.2 Å². The average molecular weight is 300 g/mol. The average Bonchev–Trinajstić information content (AvgIpc) is 2.77. The first-order valence-corrected chi connectivity index (χ1v) is 7.78. The molecule has 0 N–H and O–H groups in total. The molecule has 0 atom stereocenters. The van der Waals surface area contributed by atoms with Gasteiger partial charge in [0, 0.05) is 12.3 Å². The van der Waals surface area contributed by atoms with Gasteiger partial charge in [-0.2, -0.15) is 5.26 Å². The number of nitrogens with zero attached hydrogens (tertiary/aromatic N) is 2. The predicted molar refractivity (Wildman–Crippen MR) is 84.3 cm³/mol. The van der Waals surface area contributed by atoms with Crippen LogP contribution in [0.1, 0.15) is 23.7 Å². The van der Waals surface area contributed by atoms with Crippen LogP contribution >= 0.6 is 11.8 Å². The minimum atomic E-state index is -0.384. The van der Waals surface area contributed by atoms with Crippen LogP contribution < -0.4 is 0 Å². The van der Waals surface area contributed by atoms with Crippen LogP contribution in [0.5, 0.6) is 0 Å². The normalized spacial score (nSPS) is 11.0. The molecule has 0 aliphatic heterocycles. The second kappa shape index (κ2) is 6.51. The molecule has 108 valence electrons. The van der Waals surface area contributed by atoms with E-state index < -0.39 is 0 Å². The van der Waals surface area contributed by atoms with Gasteiger partial charge in [-0.1, -0.05) is 6.07 Å². The van der Waals surface area contributed by atoms with E-state index in [1.807, 2.05) is 35.9 Å². The summed E-state index contributed by atoms with van der Waals surface area (Å²) in [5, 5.41) is 9.40. The first-order chi connectivity index (χ1) is 10.1. The summed E-state index contributed by atoms with van der Waals surface area (Å²) in [4.78, 5) is 12.4. The van der Waals surface area contributed by atoms with Gasteiger partial charge in [-0.25, -0.2) is 4.79 Å². The molecular formula is C16H16N2O2S. The van der Waals surface area contributed by atoms with Crippen molar-refractivity contribution < 1.29 is 9.53 Å². The van der Waals surface area contributed by atoms with Crippen LogP contribution in [0.25, 0.3) is 11.6 Å². The quantitative estimate of drug-likeness (QED) is 0.493. The van der Waals surface area contributed by atoms with E-state index in [0.717, 1.165) is 21.7 Å². The standard InChI is InChI=1S/C16H16N2O2S/c1-4-20-15(19)8-7-14-16(21-3)12(9-17)13-6-5-11(2)10-18(13)14/h5-8,10H,4H2,1-3H3/b8-7+. The van der Waals surface area contributed by atoms with Gasteiger partial charge in [-0.05, 0) is 37.8 Å². The van der Waals surface area contributed by atoms with Crippen LogP contribution in [0.15, 0.2) is 29.3 Å². The molecule has 0 radical (unpaired) electrons. The number of hydrogen-bond donors (Lipinski definition) is 0. The molecule has 0 aromatic carbocycles. The van der Waals surface area contributed by atoms with Gasteiger partial charge in [0.1, 0.15) is 6.07 Å². The summed E-state index contributed by atoms with van der Waals surface area (Å²) < 4.78 is 6.84. The molecule has 0 saturated heterocycles. The third kappa shape index (κ3) is 2.96. The molecule has 0 amide bonds. The third-order valence-corrected chi connectivity index (χ3v) is 3.87. The van der Waals surface area contributed by atoms with Crippen molar-refractivity contribution in [2.24, 2.45) is 0 Å². The fourth-order valence-electron chi connectivity index (χ4n) is 2.17. The number of esters is 1. The van der Waals surface area contributed by atoms with Crippen molar-refractivity contribution in [2.45, 2.75) is 18.7 Å². The number of hydrogen-bond acceptors (Lipinski definition) is 4. The number of carbonyl (C=O) groups is 1. The van der Waals surface area contributed by atoms with Crippen molar-refractivity contribution in [3.05, 3.63) is 41.2 Å². The first-order valence-electron chi connectivity index (χ1n) is 6.56. The summed E-state index contributed by atoms with van der Waals surface area (Å²) in [6.07, 6.45) is 6.98. The van der Waals surface area contributed by atoms with Crippen molar-refractivity contribution in [1.82, 2.24) is 4.40 Å². The zero-order chi connectivity index (χ0) is 15.4. The fourth-order valence-corrected chi connectivity index (χ4v) is 2.90. The Morgan fingerprint density at radius 1 is 1.52 bits per heavy atom. The lowest BCUT2D eigenvalue weighted by molar-refractivity contribution is -0.137. The van der Waals surface area contributed by atoms with E-state index in [1.54, 1.807) is 13.0 Å². The summed E-state index contributed by atoms with van der Waals surface area (Å²) in [7, 11) is 0. The molecule has 4 nitrogen and oxygen atoms in total. The molecule has 0 aliphatic rings. The number of pyridine rings is 1. The Hall–Kier alpha value is -2.19. The summed E-state index contributed by atoms with van der Waals surface area (Å²) in [6.45, 7) is 4.10. The Morgan fingerprint density at radius 2 is 2.29 bits per heavy atom. The zero-order valence-electron chi connectivity index (χ0n) is 12.2. The molecule has 2 aromatic heterocycles. The largest absolute Gasteiger partial charge is 0.463 e. The van der Waals surface area contributed by atoms with Gasteiger partial charge in [-0.15, -0.1) is 11.8 Å². The van der Waals surface area contributed by atoms with Crippen LogP contribution in [-0.2, 0) is 9.53 Å². The first kappa shape index (κ1) is 15.2. The minimum Gasteiger partial charge on any atom is -0.463 e.